The van der Waals surface area contributed by atoms with Crippen LogP contribution in [0.25, 0.3) is 0 Å². The Bertz CT molecular complexity index is 256. The van der Waals surface area contributed by atoms with Crippen LogP contribution in [0.5, 0.6) is 0 Å². The van der Waals surface area contributed by atoms with E-state index in [1.165, 1.54) is 0 Å². The zero-order chi connectivity index (χ0) is 6.81. The summed E-state index contributed by atoms with van der Waals surface area (Å²) in [5.74, 6) is 0. The van der Waals surface area contributed by atoms with Gasteiger partial charge in [0, 0.05) is 18.8 Å². The van der Waals surface area contributed by atoms with Gasteiger partial charge in [-0.15, -0.1) is 0 Å². The quantitative estimate of drug-likeness (QED) is 0.474. The largest absolute Gasteiger partial charge is 0.259 e. The lowest BCUT2D eigenvalue weighted by Crippen LogP contribution is -2.05. The van der Waals surface area contributed by atoms with Gasteiger partial charge in [0.05, 0.1) is 11.4 Å². The Morgan fingerprint density at radius 3 is 3.20 bits per heavy atom. The van der Waals surface area contributed by atoms with E-state index in [-0.39, 0.29) is 0 Å². The molecule has 0 atom stereocenters. The Balaban J connectivity index is 2.39. The van der Waals surface area contributed by atoms with E-state index in [4.69, 9.17) is 0 Å². The maximum absolute atomic E-state index is 4.17. The summed E-state index contributed by atoms with van der Waals surface area (Å²) >= 11 is 0. The minimum absolute atomic E-state index is 0.907. The fourth-order valence-corrected chi connectivity index (χ4v) is 0.991. The van der Waals surface area contributed by atoms with E-state index in [2.05, 4.69) is 16.4 Å². The van der Waals surface area contributed by atoms with Gasteiger partial charge in [-0.25, -0.2) is 0 Å². The molecule has 2 aliphatic rings. The van der Waals surface area contributed by atoms with Gasteiger partial charge in [0.25, 0.3) is 0 Å². The lowest BCUT2D eigenvalue weighted by molar-refractivity contribution is 0.992. The molecule has 0 bridgehead atoms. The van der Waals surface area contributed by atoms with Crippen LogP contribution in [0.4, 0.5) is 0 Å². The van der Waals surface area contributed by atoms with E-state index >= 15 is 0 Å². The second-order valence-corrected chi connectivity index (χ2v) is 2.16. The molecular formula is C8H7N2. The van der Waals surface area contributed by atoms with E-state index < -0.39 is 0 Å². The van der Waals surface area contributed by atoms with Crippen molar-refractivity contribution in [3.05, 3.63) is 35.8 Å². The molecule has 1 radical (unpaired) electrons. The topological polar surface area (TPSA) is 26.5 Å². The molecule has 0 unspecified atom stereocenters. The van der Waals surface area contributed by atoms with Crippen molar-refractivity contribution in [2.45, 2.75) is 6.42 Å². The van der Waals surface area contributed by atoms with Crippen LogP contribution in [0.2, 0.25) is 0 Å². The standard InChI is InChI=1S/C8H7N2/c1-3-7-8(9-5-1)4-2-6-10-7/h1,3-6H,2H2. The van der Waals surface area contributed by atoms with E-state index in [0.717, 1.165) is 17.8 Å². The normalized spacial score (nSPS) is 20.8. The highest BCUT2D eigenvalue weighted by Crippen LogP contribution is 2.16. The van der Waals surface area contributed by atoms with Gasteiger partial charge >= 0.3 is 0 Å². The lowest BCUT2D eigenvalue weighted by atomic mass is 10.2. The first kappa shape index (κ1) is 5.47. The van der Waals surface area contributed by atoms with Crippen molar-refractivity contribution in [1.29, 1.82) is 0 Å². The molecule has 0 N–H and O–H groups in total. The van der Waals surface area contributed by atoms with Gasteiger partial charge in [0.1, 0.15) is 0 Å². The zero-order valence-electron chi connectivity index (χ0n) is 5.49. The molecule has 0 saturated carbocycles. The minimum Gasteiger partial charge on any atom is -0.259 e. The van der Waals surface area contributed by atoms with E-state index in [1.54, 1.807) is 6.20 Å². The Morgan fingerprint density at radius 1 is 1.30 bits per heavy atom. The Hall–Kier alpha value is -1.31. The van der Waals surface area contributed by atoms with Gasteiger partial charge in [-0.3, -0.25) is 10.3 Å². The molecule has 2 heterocycles. The van der Waals surface area contributed by atoms with Crippen molar-refractivity contribution in [1.82, 2.24) is 5.32 Å². The van der Waals surface area contributed by atoms with E-state index in [9.17, 15) is 0 Å². The number of dihydropyridines is 1. The predicted octanol–water partition coefficient (Wildman–Crippen LogP) is 1.36. The highest BCUT2D eigenvalue weighted by Gasteiger charge is 2.07. The Morgan fingerprint density at radius 2 is 2.30 bits per heavy atom. The van der Waals surface area contributed by atoms with Crippen LogP contribution in [-0.4, -0.2) is 6.21 Å². The van der Waals surface area contributed by atoms with Crippen LogP contribution in [0.3, 0.4) is 0 Å². The molecule has 2 nitrogen and oxygen atoms in total. The molecular weight excluding hydrogens is 124 g/mol. The molecule has 0 fully saturated rings. The van der Waals surface area contributed by atoms with E-state index in [1.807, 2.05) is 18.4 Å². The number of aliphatic imine (C=N–C) groups is 1. The van der Waals surface area contributed by atoms with Crippen LogP contribution >= 0.6 is 0 Å². The van der Waals surface area contributed by atoms with Gasteiger partial charge in [-0.05, 0) is 12.2 Å². The number of fused-ring (bicyclic) bond motifs is 1. The molecule has 0 amide bonds. The first-order valence-electron chi connectivity index (χ1n) is 3.27. The first-order valence-corrected chi connectivity index (χ1v) is 3.27. The summed E-state index contributed by atoms with van der Waals surface area (Å²) in [5, 5.41) is 4.15. The Kier molecular flexibility index (Phi) is 1.17. The molecule has 0 spiro atoms. The van der Waals surface area contributed by atoms with Crippen LogP contribution in [0, 0.1) is 0 Å². The van der Waals surface area contributed by atoms with E-state index in [0.29, 0.717) is 0 Å². The van der Waals surface area contributed by atoms with Crippen molar-refractivity contribution in [3.63, 3.8) is 0 Å². The maximum Gasteiger partial charge on any atom is 0.0879 e. The lowest BCUT2D eigenvalue weighted by Gasteiger charge is -2.10. The second-order valence-electron chi connectivity index (χ2n) is 2.16. The predicted molar refractivity (Wildman–Crippen MR) is 40.5 cm³/mol. The van der Waals surface area contributed by atoms with Crippen molar-refractivity contribution in [2.75, 3.05) is 0 Å². The van der Waals surface area contributed by atoms with Gasteiger partial charge in [0.2, 0.25) is 0 Å². The molecule has 2 aliphatic heterocycles. The summed E-state index contributed by atoms with van der Waals surface area (Å²) in [6, 6.07) is 0. The summed E-state index contributed by atoms with van der Waals surface area (Å²) in [4.78, 5) is 4.17. The molecule has 10 heavy (non-hydrogen) atoms. The van der Waals surface area contributed by atoms with Crippen LogP contribution in [0.15, 0.2) is 40.8 Å². The third-order valence-electron chi connectivity index (χ3n) is 1.46. The summed E-state index contributed by atoms with van der Waals surface area (Å²) in [6.45, 7) is 0. The van der Waals surface area contributed by atoms with Crippen LogP contribution < -0.4 is 5.32 Å². The molecule has 0 aromatic rings. The second kappa shape index (κ2) is 2.14. The highest BCUT2D eigenvalue weighted by molar-refractivity contribution is 5.66. The van der Waals surface area contributed by atoms with Crippen molar-refractivity contribution in [3.8, 4) is 0 Å². The van der Waals surface area contributed by atoms with Gasteiger partial charge in [0.15, 0.2) is 0 Å². The SMILES string of the molecule is C1=C[N]C2=CCC=NC2=C1. The molecule has 0 aromatic carbocycles. The molecule has 0 saturated heterocycles. The fourth-order valence-electron chi connectivity index (χ4n) is 0.991. The number of rotatable bonds is 0. The third kappa shape index (κ3) is 0.778. The Labute approximate surface area is 59.7 Å². The summed E-state index contributed by atoms with van der Waals surface area (Å²) < 4.78 is 0. The van der Waals surface area contributed by atoms with Gasteiger partial charge in [-0.1, -0.05) is 6.08 Å². The number of hydrogen-bond acceptors (Lipinski definition) is 1. The number of hydrogen-bond donors (Lipinski definition) is 0. The maximum atomic E-state index is 4.17. The zero-order valence-corrected chi connectivity index (χ0v) is 5.49. The summed E-state index contributed by atoms with van der Waals surface area (Å²) in [5.41, 5.74) is 1.98. The molecule has 2 rings (SSSR count). The van der Waals surface area contributed by atoms with Crippen molar-refractivity contribution < 1.29 is 0 Å². The summed E-state index contributed by atoms with van der Waals surface area (Å²) in [7, 11) is 0. The average Bonchev–Trinajstić information content (AvgIpc) is 2.05. The smallest absolute Gasteiger partial charge is 0.0879 e. The van der Waals surface area contributed by atoms with Crippen LogP contribution in [0.1, 0.15) is 6.42 Å². The fraction of sp³-hybridized carbons (Fsp3) is 0.125. The highest BCUT2D eigenvalue weighted by atomic mass is 14.9. The molecule has 49 valence electrons. The third-order valence-corrected chi connectivity index (χ3v) is 1.46. The van der Waals surface area contributed by atoms with Gasteiger partial charge in [-0.2, -0.15) is 0 Å². The molecule has 0 aliphatic carbocycles. The molecule has 0 aromatic heterocycles. The average molecular weight is 131 g/mol. The minimum atomic E-state index is 0.907. The van der Waals surface area contributed by atoms with Crippen molar-refractivity contribution >= 4 is 6.21 Å². The van der Waals surface area contributed by atoms with Crippen LogP contribution in [-0.2, 0) is 0 Å². The number of nitrogens with zero attached hydrogens (tertiary/aromatic N) is 2. The van der Waals surface area contributed by atoms with Gasteiger partial charge < -0.3 is 0 Å². The number of allylic oxidation sites excluding steroid dienone is 3. The first-order chi connectivity index (χ1) is 4.97. The van der Waals surface area contributed by atoms with Crippen molar-refractivity contribution in [2.24, 2.45) is 4.99 Å². The molecule has 2 heteroatoms. The monoisotopic (exact) mass is 131 g/mol. The summed E-state index contributed by atoms with van der Waals surface area (Å²) in [6.07, 6.45) is 10.5.